The average Bonchev–Trinajstić information content (AvgIpc) is 2.64. The molecule has 1 fully saturated rings. The Labute approximate surface area is 114 Å². The molecule has 0 radical (unpaired) electrons. The molecule has 2 rings (SSSR count). The quantitative estimate of drug-likeness (QED) is 0.839. The van der Waals surface area contributed by atoms with E-state index in [-0.39, 0.29) is 12.3 Å². The molecule has 0 amide bonds. The number of methoxy groups -OCH3 is 1. The molecule has 0 aliphatic heterocycles. The molecule has 1 aromatic rings. The van der Waals surface area contributed by atoms with Crippen molar-refractivity contribution in [2.45, 2.75) is 44.4 Å². The molecule has 1 N–H and O–H groups in total. The van der Waals surface area contributed by atoms with Gasteiger partial charge in [0.2, 0.25) is 0 Å². The Hall–Kier alpha value is -1.51. The van der Waals surface area contributed by atoms with Gasteiger partial charge < -0.3 is 9.84 Å². The van der Waals surface area contributed by atoms with Crippen LogP contribution in [0.25, 0.3) is 0 Å². The fourth-order valence-corrected chi connectivity index (χ4v) is 3.14. The molecule has 3 nitrogen and oxygen atoms in total. The number of benzene rings is 1. The molecule has 2 atom stereocenters. The van der Waals surface area contributed by atoms with E-state index in [9.17, 15) is 4.79 Å². The maximum atomic E-state index is 11.0. The van der Waals surface area contributed by atoms with E-state index < -0.39 is 5.97 Å². The third-order valence-corrected chi connectivity index (χ3v) is 4.14. The second-order valence-corrected chi connectivity index (χ2v) is 5.38. The van der Waals surface area contributed by atoms with Crippen LogP contribution in [0.5, 0.6) is 5.75 Å². The highest BCUT2D eigenvalue weighted by molar-refractivity contribution is 5.67. The molecule has 104 valence electrons. The van der Waals surface area contributed by atoms with Crippen LogP contribution in [0.4, 0.5) is 0 Å². The maximum Gasteiger partial charge on any atom is 0.303 e. The van der Waals surface area contributed by atoms with Crippen molar-refractivity contribution in [2.75, 3.05) is 7.11 Å². The summed E-state index contributed by atoms with van der Waals surface area (Å²) >= 11 is 0. The van der Waals surface area contributed by atoms with E-state index in [1.807, 2.05) is 12.1 Å². The Bertz CT molecular complexity index is 411. The molecular weight excluding hydrogens is 240 g/mol. The average molecular weight is 262 g/mol. The van der Waals surface area contributed by atoms with Crippen molar-refractivity contribution in [3.05, 3.63) is 29.8 Å². The topological polar surface area (TPSA) is 46.5 Å². The molecule has 0 aromatic heterocycles. The Kier molecular flexibility index (Phi) is 4.83. The highest BCUT2D eigenvalue weighted by atomic mass is 16.5. The van der Waals surface area contributed by atoms with Crippen molar-refractivity contribution in [3.8, 4) is 5.75 Å². The van der Waals surface area contributed by atoms with E-state index in [1.165, 1.54) is 18.4 Å². The smallest absolute Gasteiger partial charge is 0.303 e. The van der Waals surface area contributed by atoms with E-state index in [0.29, 0.717) is 5.92 Å². The van der Waals surface area contributed by atoms with Gasteiger partial charge >= 0.3 is 5.97 Å². The summed E-state index contributed by atoms with van der Waals surface area (Å²) in [6, 6.07) is 8.11. The third kappa shape index (κ3) is 3.72. The molecule has 0 saturated heterocycles. The van der Waals surface area contributed by atoms with E-state index >= 15 is 0 Å². The van der Waals surface area contributed by atoms with Gasteiger partial charge in [-0.1, -0.05) is 31.4 Å². The van der Waals surface area contributed by atoms with Crippen LogP contribution in [0.3, 0.4) is 0 Å². The van der Waals surface area contributed by atoms with Crippen LogP contribution in [0.1, 0.15) is 50.0 Å². The summed E-state index contributed by atoms with van der Waals surface area (Å²) in [6.45, 7) is 0. The van der Waals surface area contributed by atoms with Gasteiger partial charge in [0.05, 0.1) is 7.11 Å². The van der Waals surface area contributed by atoms with Crippen molar-refractivity contribution in [3.63, 3.8) is 0 Å². The molecule has 1 aromatic carbocycles. The van der Waals surface area contributed by atoms with E-state index in [0.717, 1.165) is 25.0 Å². The first-order chi connectivity index (χ1) is 9.20. The zero-order valence-electron chi connectivity index (χ0n) is 11.5. The van der Waals surface area contributed by atoms with Crippen LogP contribution in [0, 0.1) is 5.92 Å². The lowest BCUT2D eigenvalue weighted by atomic mass is 9.80. The standard InChI is InChI=1S/C16H22O3/c1-19-14-9-7-12(8-10-14)15-6-4-2-3-5-13(15)11-16(17)18/h7-10,13,15H,2-6,11H2,1H3,(H,17,18). The number of aliphatic carboxylic acids is 1. The van der Waals surface area contributed by atoms with Gasteiger partial charge in [0, 0.05) is 6.42 Å². The minimum atomic E-state index is -0.676. The van der Waals surface area contributed by atoms with Crippen LogP contribution >= 0.6 is 0 Å². The van der Waals surface area contributed by atoms with Crippen molar-refractivity contribution >= 4 is 5.97 Å². The number of carbonyl (C=O) groups is 1. The van der Waals surface area contributed by atoms with Crippen molar-refractivity contribution < 1.29 is 14.6 Å². The van der Waals surface area contributed by atoms with Crippen LogP contribution < -0.4 is 4.74 Å². The molecule has 0 heterocycles. The summed E-state index contributed by atoms with van der Waals surface area (Å²) in [5.74, 6) is 0.829. The lowest BCUT2D eigenvalue weighted by Gasteiger charge is -2.24. The third-order valence-electron chi connectivity index (χ3n) is 4.14. The molecule has 1 saturated carbocycles. The number of ether oxygens (including phenoxy) is 1. The SMILES string of the molecule is COc1ccc(C2CCCCCC2CC(=O)O)cc1. The lowest BCUT2D eigenvalue weighted by molar-refractivity contribution is -0.138. The molecular formula is C16H22O3. The number of hydrogen-bond donors (Lipinski definition) is 1. The summed E-state index contributed by atoms with van der Waals surface area (Å²) in [5, 5.41) is 9.08. The Balaban J connectivity index is 2.17. The normalized spacial score (nSPS) is 23.6. The molecule has 19 heavy (non-hydrogen) atoms. The fraction of sp³-hybridized carbons (Fsp3) is 0.562. The first kappa shape index (κ1) is 13.9. The summed E-state index contributed by atoms with van der Waals surface area (Å²) < 4.78 is 5.18. The van der Waals surface area contributed by atoms with Crippen molar-refractivity contribution in [1.82, 2.24) is 0 Å². The summed E-state index contributed by atoms with van der Waals surface area (Å²) in [4.78, 5) is 11.0. The highest BCUT2D eigenvalue weighted by Crippen LogP contribution is 2.38. The van der Waals surface area contributed by atoms with Gasteiger partial charge in [-0.2, -0.15) is 0 Å². The van der Waals surface area contributed by atoms with Gasteiger partial charge in [0.1, 0.15) is 5.75 Å². The largest absolute Gasteiger partial charge is 0.497 e. The molecule has 0 bridgehead atoms. The molecule has 3 heteroatoms. The summed E-state index contributed by atoms with van der Waals surface area (Å²) in [7, 11) is 1.66. The second-order valence-electron chi connectivity index (χ2n) is 5.38. The fourth-order valence-electron chi connectivity index (χ4n) is 3.14. The number of carboxylic acid groups (broad SMARTS) is 1. The van der Waals surface area contributed by atoms with Gasteiger partial charge in [-0.3, -0.25) is 4.79 Å². The van der Waals surface area contributed by atoms with Crippen LogP contribution in [0.2, 0.25) is 0 Å². The van der Waals surface area contributed by atoms with Gasteiger partial charge in [-0.15, -0.1) is 0 Å². The molecule has 1 aliphatic carbocycles. The Morgan fingerprint density at radius 2 is 1.89 bits per heavy atom. The van der Waals surface area contributed by atoms with E-state index in [4.69, 9.17) is 9.84 Å². The summed E-state index contributed by atoms with van der Waals surface area (Å²) in [5.41, 5.74) is 1.26. The van der Waals surface area contributed by atoms with Crippen LogP contribution in [-0.2, 0) is 4.79 Å². The second kappa shape index (κ2) is 6.60. The molecule has 2 unspecified atom stereocenters. The predicted molar refractivity (Wildman–Crippen MR) is 74.6 cm³/mol. The zero-order valence-corrected chi connectivity index (χ0v) is 11.5. The monoisotopic (exact) mass is 262 g/mol. The highest BCUT2D eigenvalue weighted by Gasteiger charge is 2.26. The van der Waals surface area contributed by atoms with Gasteiger partial charge in [0.15, 0.2) is 0 Å². The predicted octanol–water partition coefficient (Wildman–Crippen LogP) is 3.83. The van der Waals surface area contributed by atoms with Crippen LogP contribution in [-0.4, -0.2) is 18.2 Å². The summed E-state index contributed by atoms with van der Waals surface area (Å²) in [6.07, 6.45) is 6.00. The number of carboxylic acids is 1. The number of hydrogen-bond acceptors (Lipinski definition) is 2. The van der Waals surface area contributed by atoms with Crippen molar-refractivity contribution in [2.24, 2.45) is 5.92 Å². The van der Waals surface area contributed by atoms with Gasteiger partial charge in [-0.25, -0.2) is 0 Å². The first-order valence-electron chi connectivity index (χ1n) is 7.06. The molecule has 1 aliphatic rings. The van der Waals surface area contributed by atoms with E-state index in [2.05, 4.69) is 12.1 Å². The van der Waals surface area contributed by atoms with Gasteiger partial charge in [0.25, 0.3) is 0 Å². The maximum absolute atomic E-state index is 11.0. The number of rotatable bonds is 4. The van der Waals surface area contributed by atoms with Crippen LogP contribution in [0.15, 0.2) is 24.3 Å². The lowest BCUT2D eigenvalue weighted by Crippen LogP contribution is -2.16. The Morgan fingerprint density at radius 3 is 2.53 bits per heavy atom. The van der Waals surface area contributed by atoms with Crippen molar-refractivity contribution in [1.29, 1.82) is 0 Å². The molecule has 0 spiro atoms. The minimum Gasteiger partial charge on any atom is -0.497 e. The van der Waals surface area contributed by atoms with E-state index in [1.54, 1.807) is 7.11 Å². The zero-order chi connectivity index (χ0) is 13.7. The Morgan fingerprint density at radius 1 is 1.21 bits per heavy atom. The first-order valence-corrected chi connectivity index (χ1v) is 7.06. The van der Waals surface area contributed by atoms with Gasteiger partial charge in [-0.05, 0) is 42.4 Å². The minimum absolute atomic E-state index is 0.272.